The molecule has 0 heterocycles. The average molecular weight is 252 g/mol. The number of benzene rings is 1. The monoisotopic (exact) mass is 251 g/mol. The number of aliphatic carboxylic acids is 1. The van der Waals surface area contributed by atoms with Gasteiger partial charge in [-0.3, -0.25) is 4.79 Å². The van der Waals surface area contributed by atoms with E-state index < -0.39 is 17.8 Å². The zero-order valence-corrected chi connectivity index (χ0v) is 9.02. The van der Waals surface area contributed by atoms with Gasteiger partial charge in [-0.1, -0.05) is 23.2 Å². The number of rotatable bonds is 3. The van der Waals surface area contributed by atoms with E-state index in [0.717, 1.165) is 6.07 Å². The molecule has 0 aromatic heterocycles. The molecule has 1 aromatic rings. The first-order chi connectivity index (χ1) is 6.91. The smallest absolute Gasteiger partial charge is 0.320 e. The highest BCUT2D eigenvalue weighted by Gasteiger charge is 2.16. The molecule has 0 saturated carbocycles. The Balaban J connectivity index is 2.99. The fraction of sp³-hybridized carbons (Fsp3) is 0.222. The number of halogens is 3. The van der Waals surface area contributed by atoms with Crippen molar-refractivity contribution in [2.75, 3.05) is 0 Å². The molecular weight excluding hydrogens is 244 g/mol. The van der Waals surface area contributed by atoms with Crippen LogP contribution in [0.1, 0.15) is 5.56 Å². The first kappa shape index (κ1) is 12.2. The fourth-order valence-electron chi connectivity index (χ4n) is 1.08. The van der Waals surface area contributed by atoms with Crippen LogP contribution in [-0.4, -0.2) is 17.1 Å². The molecule has 1 atom stereocenters. The zero-order chi connectivity index (χ0) is 11.6. The molecule has 1 unspecified atom stereocenters. The van der Waals surface area contributed by atoms with Crippen LogP contribution in [0.25, 0.3) is 0 Å². The highest BCUT2D eigenvalue weighted by Crippen LogP contribution is 2.25. The van der Waals surface area contributed by atoms with E-state index in [4.69, 9.17) is 34.0 Å². The summed E-state index contributed by atoms with van der Waals surface area (Å²) in [6, 6.07) is 1.33. The molecule has 0 fully saturated rings. The van der Waals surface area contributed by atoms with E-state index in [1.54, 1.807) is 0 Å². The summed E-state index contributed by atoms with van der Waals surface area (Å²) in [5.41, 5.74) is 5.58. The summed E-state index contributed by atoms with van der Waals surface area (Å²) < 4.78 is 13.1. The standard InChI is InChI=1S/C9H8Cl2FNO2/c10-5-1-4(2-7(13)9(14)15)8(11)6(12)3-5/h1,3,7H,2,13H2,(H,14,15). The first-order valence-electron chi connectivity index (χ1n) is 4.03. The van der Waals surface area contributed by atoms with Crippen LogP contribution in [-0.2, 0) is 11.2 Å². The second-order valence-electron chi connectivity index (χ2n) is 3.01. The maximum Gasteiger partial charge on any atom is 0.320 e. The summed E-state index contributed by atoms with van der Waals surface area (Å²) in [6.45, 7) is 0. The Hall–Kier alpha value is -0.840. The molecule has 0 radical (unpaired) electrons. The molecule has 0 aliphatic rings. The summed E-state index contributed by atoms with van der Waals surface area (Å²) >= 11 is 11.2. The number of carbonyl (C=O) groups is 1. The van der Waals surface area contributed by atoms with Gasteiger partial charge >= 0.3 is 5.97 Å². The minimum Gasteiger partial charge on any atom is -0.480 e. The molecule has 1 rings (SSSR count). The molecule has 3 nitrogen and oxygen atoms in total. The third-order valence-corrected chi connectivity index (χ3v) is 2.47. The maximum absolute atomic E-state index is 13.1. The topological polar surface area (TPSA) is 63.3 Å². The van der Waals surface area contributed by atoms with Crippen molar-refractivity contribution in [3.63, 3.8) is 0 Å². The van der Waals surface area contributed by atoms with Gasteiger partial charge in [0.05, 0.1) is 5.02 Å². The molecular formula is C9H8Cl2FNO2. The SMILES string of the molecule is NC(Cc1cc(Cl)cc(F)c1Cl)C(=O)O. The van der Waals surface area contributed by atoms with Crippen molar-refractivity contribution in [2.24, 2.45) is 5.73 Å². The zero-order valence-electron chi connectivity index (χ0n) is 7.51. The summed E-state index contributed by atoms with van der Waals surface area (Å²) in [7, 11) is 0. The van der Waals surface area contributed by atoms with Crippen LogP contribution in [0.2, 0.25) is 10.0 Å². The quantitative estimate of drug-likeness (QED) is 0.809. The largest absolute Gasteiger partial charge is 0.480 e. The number of hydrogen-bond acceptors (Lipinski definition) is 2. The third kappa shape index (κ3) is 3.06. The minimum atomic E-state index is -1.17. The van der Waals surface area contributed by atoms with E-state index in [9.17, 15) is 9.18 Å². The van der Waals surface area contributed by atoms with E-state index in [2.05, 4.69) is 0 Å². The van der Waals surface area contributed by atoms with E-state index in [-0.39, 0.29) is 22.0 Å². The predicted molar refractivity (Wildman–Crippen MR) is 55.7 cm³/mol. The molecule has 0 spiro atoms. The summed E-state index contributed by atoms with van der Waals surface area (Å²) in [6.07, 6.45) is -0.0638. The third-order valence-electron chi connectivity index (χ3n) is 1.83. The number of hydrogen-bond donors (Lipinski definition) is 2. The normalized spacial score (nSPS) is 12.5. The van der Waals surface area contributed by atoms with E-state index >= 15 is 0 Å². The Morgan fingerprint density at radius 3 is 2.67 bits per heavy atom. The van der Waals surface area contributed by atoms with Crippen LogP contribution in [0.4, 0.5) is 4.39 Å². The van der Waals surface area contributed by atoms with Crippen molar-refractivity contribution >= 4 is 29.2 Å². The Kier molecular flexibility index (Phi) is 3.90. The molecule has 0 saturated heterocycles. The van der Waals surface area contributed by atoms with Gasteiger partial charge in [0, 0.05) is 5.02 Å². The summed E-state index contributed by atoms with van der Waals surface area (Å²) in [5.74, 6) is -1.86. The van der Waals surface area contributed by atoms with Crippen LogP contribution >= 0.6 is 23.2 Å². The Bertz CT molecular complexity index is 398. The van der Waals surface area contributed by atoms with Crippen molar-refractivity contribution in [1.82, 2.24) is 0 Å². The predicted octanol–water partition coefficient (Wildman–Crippen LogP) is 2.09. The lowest BCUT2D eigenvalue weighted by molar-refractivity contribution is -0.138. The lowest BCUT2D eigenvalue weighted by Crippen LogP contribution is -2.32. The van der Waals surface area contributed by atoms with Gasteiger partial charge in [0.25, 0.3) is 0 Å². The van der Waals surface area contributed by atoms with E-state index in [1.807, 2.05) is 0 Å². The Labute approximate surface area is 95.6 Å². The molecule has 3 N–H and O–H groups in total. The van der Waals surface area contributed by atoms with Gasteiger partial charge < -0.3 is 10.8 Å². The van der Waals surface area contributed by atoms with Gasteiger partial charge in [-0.25, -0.2) is 4.39 Å². The molecule has 1 aromatic carbocycles. The maximum atomic E-state index is 13.1. The van der Waals surface area contributed by atoms with Gasteiger partial charge in [0.1, 0.15) is 11.9 Å². The van der Waals surface area contributed by atoms with Crippen molar-refractivity contribution in [1.29, 1.82) is 0 Å². The van der Waals surface area contributed by atoms with Crippen molar-refractivity contribution in [3.8, 4) is 0 Å². The molecule has 0 bridgehead atoms. The second-order valence-corrected chi connectivity index (χ2v) is 3.82. The molecule has 0 aliphatic carbocycles. The molecule has 82 valence electrons. The van der Waals surface area contributed by atoms with Gasteiger partial charge in [0.15, 0.2) is 0 Å². The molecule has 15 heavy (non-hydrogen) atoms. The lowest BCUT2D eigenvalue weighted by Gasteiger charge is -2.09. The molecule has 6 heteroatoms. The van der Waals surface area contributed by atoms with Gasteiger partial charge in [-0.15, -0.1) is 0 Å². The van der Waals surface area contributed by atoms with Crippen molar-refractivity contribution in [2.45, 2.75) is 12.5 Å². The minimum absolute atomic E-state index is 0.0638. The fourth-order valence-corrected chi connectivity index (χ4v) is 1.50. The average Bonchev–Trinajstić information content (AvgIpc) is 2.13. The van der Waals surface area contributed by atoms with Crippen molar-refractivity contribution < 1.29 is 14.3 Å². The van der Waals surface area contributed by atoms with Gasteiger partial charge in [-0.2, -0.15) is 0 Å². The van der Waals surface area contributed by atoms with Gasteiger partial charge in [0.2, 0.25) is 0 Å². The molecule has 0 amide bonds. The second kappa shape index (κ2) is 4.79. The van der Waals surface area contributed by atoms with Crippen LogP contribution in [0, 0.1) is 5.82 Å². The van der Waals surface area contributed by atoms with Gasteiger partial charge in [-0.05, 0) is 24.1 Å². The number of carboxylic acids is 1. The lowest BCUT2D eigenvalue weighted by atomic mass is 10.1. The summed E-state index contributed by atoms with van der Waals surface area (Å²) in [4.78, 5) is 10.5. The summed E-state index contributed by atoms with van der Waals surface area (Å²) in [5, 5.41) is 8.59. The first-order valence-corrected chi connectivity index (χ1v) is 4.79. The van der Waals surface area contributed by atoms with Crippen LogP contribution in [0.15, 0.2) is 12.1 Å². The van der Waals surface area contributed by atoms with Crippen LogP contribution in [0.3, 0.4) is 0 Å². The van der Waals surface area contributed by atoms with Crippen LogP contribution in [0.5, 0.6) is 0 Å². The number of carboxylic acid groups (broad SMARTS) is 1. The Morgan fingerprint density at radius 2 is 2.13 bits per heavy atom. The number of nitrogens with two attached hydrogens (primary N) is 1. The van der Waals surface area contributed by atoms with Crippen molar-refractivity contribution in [3.05, 3.63) is 33.6 Å². The van der Waals surface area contributed by atoms with E-state index in [1.165, 1.54) is 6.07 Å². The van der Waals surface area contributed by atoms with Crippen LogP contribution < -0.4 is 5.73 Å². The Morgan fingerprint density at radius 1 is 1.53 bits per heavy atom. The highest BCUT2D eigenvalue weighted by molar-refractivity contribution is 6.33. The highest BCUT2D eigenvalue weighted by atomic mass is 35.5. The molecule has 0 aliphatic heterocycles. The van der Waals surface area contributed by atoms with E-state index in [0.29, 0.717) is 0 Å².